The van der Waals surface area contributed by atoms with Gasteiger partial charge in [0, 0.05) is 23.4 Å². The van der Waals surface area contributed by atoms with E-state index in [9.17, 15) is 10.1 Å². The van der Waals surface area contributed by atoms with Crippen molar-refractivity contribution in [2.45, 2.75) is 17.8 Å². The van der Waals surface area contributed by atoms with Crippen molar-refractivity contribution in [1.29, 1.82) is 0 Å². The third kappa shape index (κ3) is 4.67. The monoisotopic (exact) mass is 368 g/mol. The van der Waals surface area contributed by atoms with Crippen molar-refractivity contribution in [3.8, 4) is 0 Å². The first-order valence-electron chi connectivity index (χ1n) is 7.75. The van der Waals surface area contributed by atoms with Gasteiger partial charge in [-0.3, -0.25) is 10.1 Å². The van der Waals surface area contributed by atoms with Crippen molar-refractivity contribution >= 4 is 29.6 Å². The lowest BCUT2D eigenvalue weighted by Gasteiger charge is -2.02. The van der Waals surface area contributed by atoms with Gasteiger partial charge in [0.15, 0.2) is 0 Å². The zero-order valence-electron chi connectivity index (χ0n) is 13.9. The molecule has 0 radical (unpaired) electrons. The zero-order chi connectivity index (χ0) is 18.4. The van der Waals surface area contributed by atoms with Crippen LogP contribution in [0.5, 0.6) is 0 Å². The van der Waals surface area contributed by atoms with Crippen molar-refractivity contribution in [3.05, 3.63) is 75.3 Å². The Balaban J connectivity index is 1.56. The zero-order valence-corrected chi connectivity index (χ0v) is 14.7. The van der Waals surface area contributed by atoms with Crippen LogP contribution >= 0.6 is 11.8 Å². The third-order valence-corrected chi connectivity index (χ3v) is 4.44. The number of nitrogens with one attached hydrogen (secondary N) is 2. The minimum absolute atomic E-state index is 0.0171. The number of aromatic nitrogens is 3. The van der Waals surface area contributed by atoms with Gasteiger partial charge in [0.2, 0.25) is 11.1 Å². The van der Waals surface area contributed by atoms with Crippen LogP contribution in [0.1, 0.15) is 16.7 Å². The first kappa shape index (κ1) is 17.6. The van der Waals surface area contributed by atoms with Gasteiger partial charge in [0.25, 0.3) is 5.69 Å². The highest BCUT2D eigenvalue weighted by atomic mass is 32.2. The minimum Gasteiger partial charge on any atom is -0.258 e. The van der Waals surface area contributed by atoms with Crippen LogP contribution in [0.15, 0.2) is 58.8 Å². The predicted molar refractivity (Wildman–Crippen MR) is 101 cm³/mol. The van der Waals surface area contributed by atoms with E-state index in [2.05, 4.69) is 44.8 Å². The van der Waals surface area contributed by atoms with Crippen LogP contribution < -0.4 is 5.43 Å². The van der Waals surface area contributed by atoms with Gasteiger partial charge in [-0.2, -0.15) is 10.1 Å². The summed E-state index contributed by atoms with van der Waals surface area (Å²) in [5.74, 6) is 1.18. The summed E-state index contributed by atoms with van der Waals surface area (Å²) in [7, 11) is 0. The van der Waals surface area contributed by atoms with Crippen molar-refractivity contribution in [2.24, 2.45) is 5.10 Å². The van der Waals surface area contributed by atoms with Gasteiger partial charge in [-0.1, -0.05) is 48.2 Å². The van der Waals surface area contributed by atoms with Gasteiger partial charge < -0.3 is 0 Å². The highest BCUT2D eigenvalue weighted by molar-refractivity contribution is 7.98. The molecule has 2 aromatic carbocycles. The number of hydrogen-bond donors (Lipinski definition) is 2. The molecule has 8 nitrogen and oxygen atoms in total. The summed E-state index contributed by atoms with van der Waals surface area (Å²) in [4.78, 5) is 14.6. The van der Waals surface area contributed by atoms with E-state index in [-0.39, 0.29) is 5.69 Å². The standard InChI is InChI=1S/C17H16N6O2S/c1-12-5-2-3-7-14(12)11-26-17-19-16(21-22-17)20-18-10-13-6-4-8-15(9-13)23(24)25/h2-10H,11H2,1H3,(H2,19,20,21,22)/b18-10-. The molecule has 0 fully saturated rings. The molecule has 0 aliphatic carbocycles. The number of aryl methyl sites for hydroxylation is 1. The van der Waals surface area contributed by atoms with Crippen molar-refractivity contribution < 1.29 is 4.92 Å². The molecule has 26 heavy (non-hydrogen) atoms. The second-order valence-corrected chi connectivity index (χ2v) is 6.35. The van der Waals surface area contributed by atoms with E-state index in [0.29, 0.717) is 16.7 Å². The van der Waals surface area contributed by atoms with E-state index < -0.39 is 4.92 Å². The average molecular weight is 368 g/mol. The number of benzene rings is 2. The molecule has 2 N–H and O–H groups in total. The van der Waals surface area contributed by atoms with E-state index in [0.717, 1.165) is 5.75 Å². The Morgan fingerprint density at radius 2 is 2.15 bits per heavy atom. The lowest BCUT2D eigenvalue weighted by Crippen LogP contribution is -1.94. The summed E-state index contributed by atoms with van der Waals surface area (Å²) in [6.45, 7) is 2.07. The number of hydrazone groups is 1. The fraction of sp³-hybridized carbons (Fsp3) is 0.118. The number of thioether (sulfide) groups is 1. The molecular formula is C17H16N6O2S. The van der Waals surface area contributed by atoms with Crippen molar-refractivity contribution in [1.82, 2.24) is 15.2 Å². The number of non-ortho nitro benzene ring substituents is 1. The molecule has 3 rings (SSSR count). The third-order valence-electron chi connectivity index (χ3n) is 3.55. The first-order valence-corrected chi connectivity index (χ1v) is 8.73. The molecule has 0 amide bonds. The summed E-state index contributed by atoms with van der Waals surface area (Å²) in [5, 5.41) is 22.3. The van der Waals surface area contributed by atoms with E-state index in [4.69, 9.17) is 0 Å². The van der Waals surface area contributed by atoms with Gasteiger partial charge in [0.1, 0.15) is 0 Å². The fourth-order valence-corrected chi connectivity index (χ4v) is 3.04. The molecule has 3 aromatic rings. The molecular weight excluding hydrogens is 352 g/mol. The number of nitro groups is 1. The normalized spacial score (nSPS) is 11.0. The number of rotatable bonds is 7. The van der Waals surface area contributed by atoms with E-state index in [1.807, 2.05) is 12.1 Å². The van der Waals surface area contributed by atoms with E-state index in [1.165, 1.54) is 41.2 Å². The van der Waals surface area contributed by atoms with Gasteiger partial charge in [-0.05, 0) is 18.1 Å². The second-order valence-electron chi connectivity index (χ2n) is 5.40. The van der Waals surface area contributed by atoms with Crippen LogP contribution in [0.25, 0.3) is 0 Å². The van der Waals surface area contributed by atoms with Crippen molar-refractivity contribution in [3.63, 3.8) is 0 Å². The van der Waals surface area contributed by atoms with E-state index >= 15 is 0 Å². The topological polar surface area (TPSA) is 109 Å². The van der Waals surface area contributed by atoms with Crippen LogP contribution in [-0.2, 0) is 5.75 Å². The summed E-state index contributed by atoms with van der Waals surface area (Å²) in [5.41, 5.74) is 5.83. The molecule has 0 bridgehead atoms. The largest absolute Gasteiger partial charge is 0.270 e. The fourth-order valence-electron chi connectivity index (χ4n) is 2.16. The Labute approximate surface area is 153 Å². The van der Waals surface area contributed by atoms with Gasteiger partial charge in [-0.25, -0.2) is 10.5 Å². The highest BCUT2D eigenvalue weighted by Gasteiger charge is 2.06. The molecule has 0 aliphatic heterocycles. The summed E-state index contributed by atoms with van der Waals surface area (Å²) in [6.07, 6.45) is 1.48. The Hall–Kier alpha value is -3.20. The molecule has 0 saturated heterocycles. The van der Waals surface area contributed by atoms with Crippen LogP contribution in [0, 0.1) is 17.0 Å². The van der Waals surface area contributed by atoms with Gasteiger partial charge in [0.05, 0.1) is 11.1 Å². The summed E-state index contributed by atoms with van der Waals surface area (Å²) >= 11 is 1.52. The van der Waals surface area contributed by atoms with Crippen LogP contribution in [0.4, 0.5) is 11.6 Å². The SMILES string of the molecule is Cc1ccccc1CSc1n[nH]c(N/N=C\c2cccc([N+](=O)[O-])c2)n1. The molecule has 0 atom stereocenters. The lowest BCUT2D eigenvalue weighted by atomic mass is 10.1. The van der Waals surface area contributed by atoms with Crippen LogP contribution in [0.3, 0.4) is 0 Å². The van der Waals surface area contributed by atoms with E-state index in [1.54, 1.807) is 12.1 Å². The average Bonchev–Trinajstić information content (AvgIpc) is 3.09. The smallest absolute Gasteiger partial charge is 0.258 e. The van der Waals surface area contributed by atoms with Gasteiger partial charge in [-0.15, -0.1) is 5.10 Å². The highest BCUT2D eigenvalue weighted by Crippen LogP contribution is 2.21. The second kappa shape index (κ2) is 8.26. The van der Waals surface area contributed by atoms with Crippen molar-refractivity contribution in [2.75, 3.05) is 5.43 Å². The molecule has 0 saturated carbocycles. The predicted octanol–water partition coefficient (Wildman–Crippen LogP) is 3.76. The minimum atomic E-state index is -0.445. The maximum absolute atomic E-state index is 10.8. The van der Waals surface area contributed by atoms with Crippen LogP contribution in [-0.4, -0.2) is 26.3 Å². The molecule has 0 aliphatic rings. The first-order chi connectivity index (χ1) is 12.6. The molecule has 1 heterocycles. The van der Waals surface area contributed by atoms with Gasteiger partial charge >= 0.3 is 0 Å². The molecule has 0 spiro atoms. The molecule has 9 heteroatoms. The lowest BCUT2D eigenvalue weighted by molar-refractivity contribution is -0.384. The maximum Gasteiger partial charge on any atom is 0.270 e. The Kier molecular flexibility index (Phi) is 5.59. The quantitative estimate of drug-likeness (QED) is 0.284. The molecule has 0 unspecified atom stereocenters. The number of anilines is 1. The molecule has 1 aromatic heterocycles. The van der Waals surface area contributed by atoms with Crippen LogP contribution in [0.2, 0.25) is 0 Å². The summed E-state index contributed by atoms with van der Waals surface area (Å²) < 4.78 is 0. The maximum atomic E-state index is 10.8. The summed E-state index contributed by atoms with van der Waals surface area (Å²) in [6, 6.07) is 14.4. The number of H-pyrrole nitrogens is 1. The Bertz CT molecular complexity index is 940. The number of hydrogen-bond acceptors (Lipinski definition) is 7. The number of aromatic amines is 1. The molecule has 132 valence electrons. The number of nitrogens with zero attached hydrogens (tertiary/aromatic N) is 4. The Morgan fingerprint density at radius 3 is 2.96 bits per heavy atom. The number of nitro benzene ring substituents is 1. The Morgan fingerprint density at radius 1 is 1.31 bits per heavy atom.